The smallest absolute Gasteiger partial charge is 0.327 e. The molecule has 0 atom stereocenters. The molecule has 7 nitrogen and oxygen atoms in total. The normalized spacial score (nSPS) is 10.4. The topological polar surface area (TPSA) is 98.7 Å². The highest BCUT2D eigenvalue weighted by Gasteiger charge is 2.08. The molecule has 2 amide bonds. The second kappa shape index (κ2) is 29.3. The second-order valence-corrected chi connectivity index (χ2v) is 9.47. The fourth-order valence-corrected chi connectivity index (χ4v) is 3.70. The number of carbonyl (C=O) groups excluding carboxylic acids is 2. The maximum absolute atomic E-state index is 12.0. The molecule has 0 radical (unpaired) electrons. The number of carbonyl (C=O) groups is 3. The van der Waals surface area contributed by atoms with E-state index in [4.69, 9.17) is 5.11 Å². The van der Waals surface area contributed by atoms with E-state index in [1.165, 1.54) is 83.5 Å². The van der Waals surface area contributed by atoms with Crippen LogP contribution >= 0.6 is 0 Å². The first kappa shape index (κ1) is 36.3. The fraction of sp³-hybridized carbons (Fsp3) is 0.828. The predicted octanol–water partition coefficient (Wildman–Crippen LogP) is 6.08. The maximum Gasteiger partial charge on any atom is 0.327 e. The zero-order valence-corrected chi connectivity index (χ0v) is 23.8. The molecule has 7 heteroatoms. The molecule has 0 aromatic heterocycles. The third kappa shape index (κ3) is 30.1. The third-order valence-corrected chi connectivity index (χ3v) is 6.01. The SMILES string of the molecule is C=CC(=O)O.CCCCCCCCCCCCNC(=O)CCC(=O)NCCN(CCCC)CCCC. The van der Waals surface area contributed by atoms with Gasteiger partial charge in [0.05, 0.1) is 0 Å². The van der Waals surface area contributed by atoms with Gasteiger partial charge in [0.1, 0.15) is 0 Å². The summed E-state index contributed by atoms with van der Waals surface area (Å²) in [6.45, 7) is 14.2. The molecule has 0 aromatic rings. The summed E-state index contributed by atoms with van der Waals surface area (Å²) in [5.41, 5.74) is 0. The standard InChI is InChI=1S/C26H53N3O2.C3H4O2/c1-4-7-10-11-12-13-14-15-16-17-20-27-25(30)18-19-26(31)28-21-24-29(22-8-5-2)23-9-6-3;1-2-3(4)5/h4-24H2,1-3H3,(H,27,30)(H,28,31);2H,1H2,(H,4,5). The van der Waals surface area contributed by atoms with Crippen molar-refractivity contribution in [3.8, 4) is 0 Å². The Labute approximate surface area is 221 Å². The summed E-state index contributed by atoms with van der Waals surface area (Å²) < 4.78 is 0. The lowest BCUT2D eigenvalue weighted by atomic mass is 10.1. The van der Waals surface area contributed by atoms with Crippen LogP contribution in [-0.4, -0.2) is 60.5 Å². The molecule has 0 spiro atoms. The number of aliphatic carboxylic acids is 1. The van der Waals surface area contributed by atoms with Crippen molar-refractivity contribution >= 4 is 17.8 Å². The summed E-state index contributed by atoms with van der Waals surface area (Å²) in [6.07, 6.45) is 19.2. The first-order valence-corrected chi connectivity index (χ1v) is 14.5. The van der Waals surface area contributed by atoms with Crippen LogP contribution in [0.5, 0.6) is 0 Å². The number of nitrogens with zero attached hydrogens (tertiary/aromatic N) is 1. The molecule has 3 N–H and O–H groups in total. The molecule has 212 valence electrons. The minimum absolute atomic E-state index is 0.00130. The second-order valence-electron chi connectivity index (χ2n) is 9.47. The molecule has 0 aliphatic rings. The summed E-state index contributed by atoms with van der Waals surface area (Å²) in [6, 6.07) is 0. The highest BCUT2D eigenvalue weighted by Crippen LogP contribution is 2.10. The van der Waals surface area contributed by atoms with Crippen molar-refractivity contribution in [2.45, 2.75) is 124 Å². The lowest BCUT2D eigenvalue weighted by Gasteiger charge is -2.22. The van der Waals surface area contributed by atoms with Gasteiger partial charge in [-0.25, -0.2) is 4.79 Å². The van der Waals surface area contributed by atoms with Crippen molar-refractivity contribution in [1.29, 1.82) is 0 Å². The van der Waals surface area contributed by atoms with Crippen molar-refractivity contribution in [1.82, 2.24) is 15.5 Å². The zero-order chi connectivity index (χ0) is 27.3. The van der Waals surface area contributed by atoms with Gasteiger partial charge in [-0.2, -0.15) is 0 Å². The van der Waals surface area contributed by atoms with E-state index in [0.717, 1.165) is 38.7 Å². The van der Waals surface area contributed by atoms with Crippen LogP contribution in [-0.2, 0) is 14.4 Å². The van der Waals surface area contributed by atoms with Gasteiger partial charge >= 0.3 is 5.97 Å². The van der Waals surface area contributed by atoms with Gasteiger partial charge in [0.2, 0.25) is 11.8 Å². The van der Waals surface area contributed by atoms with E-state index in [9.17, 15) is 14.4 Å². The van der Waals surface area contributed by atoms with Gasteiger partial charge in [0, 0.05) is 38.6 Å². The monoisotopic (exact) mass is 511 g/mol. The van der Waals surface area contributed by atoms with E-state index >= 15 is 0 Å². The third-order valence-electron chi connectivity index (χ3n) is 6.01. The Morgan fingerprint density at radius 1 is 0.639 bits per heavy atom. The Kier molecular flexibility index (Phi) is 29.6. The van der Waals surface area contributed by atoms with Gasteiger partial charge in [-0.1, -0.05) is 98.0 Å². The summed E-state index contributed by atoms with van der Waals surface area (Å²) in [5.74, 6) is -0.997. The van der Waals surface area contributed by atoms with Gasteiger partial charge in [-0.3, -0.25) is 9.59 Å². The average Bonchev–Trinajstić information content (AvgIpc) is 2.87. The van der Waals surface area contributed by atoms with Gasteiger partial charge in [0.25, 0.3) is 0 Å². The molecule has 0 aliphatic carbocycles. The van der Waals surface area contributed by atoms with Crippen molar-refractivity contribution in [2.24, 2.45) is 0 Å². The number of nitrogens with one attached hydrogen (secondary N) is 2. The number of carboxylic acids is 1. The van der Waals surface area contributed by atoms with Crippen molar-refractivity contribution in [3.05, 3.63) is 12.7 Å². The van der Waals surface area contributed by atoms with Gasteiger partial charge in [-0.15, -0.1) is 0 Å². The molecule has 0 fully saturated rings. The van der Waals surface area contributed by atoms with Gasteiger partial charge in [0.15, 0.2) is 0 Å². The van der Waals surface area contributed by atoms with Gasteiger partial charge < -0.3 is 20.6 Å². The predicted molar refractivity (Wildman–Crippen MR) is 151 cm³/mol. The largest absolute Gasteiger partial charge is 0.478 e. The molecule has 0 heterocycles. The maximum atomic E-state index is 12.0. The van der Waals surface area contributed by atoms with Crippen LogP contribution in [0.2, 0.25) is 0 Å². The number of unbranched alkanes of at least 4 members (excludes halogenated alkanes) is 11. The average molecular weight is 512 g/mol. The molecule has 0 aliphatic heterocycles. The first-order chi connectivity index (χ1) is 17.4. The van der Waals surface area contributed by atoms with E-state index < -0.39 is 5.97 Å². The first-order valence-electron chi connectivity index (χ1n) is 14.5. The Bertz CT molecular complexity index is 533. The summed E-state index contributed by atoms with van der Waals surface area (Å²) >= 11 is 0. The Morgan fingerprint density at radius 2 is 1.03 bits per heavy atom. The van der Waals surface area contributed by atoms with Crippen molar-refractivity contribution in [3.63, 3.8) is 0 Å². The molecule has 0 saturated carbocycles. The zero-order valence-electron chi connectivity index (χ0n) is 23.8. The van der Waals surface area contributed by atoms with E-state index in [1.807, 2.05) is 0 Å². The van der Waals surface area contributed by atoms with Crippen LogP contribution in [0, 0.1) is 0 Å². The lowest BCUT2D eigenvalue weighted by Crippen LogP contribution is -2.36. The molecule has 0 bridgehead atoms. The van der Waals surface area contributed by atoms with E-state index in [0.29, 0.717) is 13.0 Å². The molecular formula is C29H57N3O4. The summed E-state index contributed by atoms with van der Waals surface area (Å²) in [4.78, 5) is 35.6. The number of hydrogen-bond donors (Lipinski definition) is 3. The number of hydrogen-bond acceptors (Lipinski definition) is 4. The van der Waals surface area contributed by atoms with Crippen LogP contribution in [0.25, 0.3) is 0 Å². The van der Waals surface area contributed by atoms with Gasteiger partial charge in [-0.05, 0) is 32.4 Å². The highest BCUT2D eigenvalue weighted by molar-refractivity contribution is 5.83. The van der Waals surface area contributed by atoms with E-state index in [-0.39, 0.29) is 18.2 Å². The number of amides is 2. The quantitative estimate of drug-likeness (QED) is 0.108. The van der Waals surface area contributed by atoms with Crippen molar-refractivity contribution < 1.29 is 19.5 Å². The summed E-state index contributed by atoms with van der Waals surface area (Å²) in [7, 11) is 0. The highest BCUT2D eigenvalue weighted by atomic mass is 16.4. The summed E-state index contributed by atoms with van der Waals surface area (Å²) in [5, 5.41) is 13.5. The Morgan fingerprint density at radius 3 is 1.44 bits per heavy atom. The number of rotatable bonds is 24. The van der Waals surface area contributed by atoms with Crippen LogP contribution in [0.4, 0.5) is 0 Å². The molecular weight excluding hydrogens is 454 g/mol. The molecule has 0 saturated heterocycles. The molecule has 36 heavy (non-hydrogen) atoms. The Hall–Kier alpha value is -1.89. The Balaban J connectivity index is 0. The van der Waals surface area contributed by atoms with Crippen molar-refractivity contribution in [2.75, 3.05) is 32.7 Å². The number of carboxylic acid groups (broad SMARTS) is 1. The lowest BCUT2D eigenvalue weighted by molar-refractivity contribution is -0.131. The van der Waals surface area contributed by atoms with Crippen LogP contribution in [0.3, 0.4) is 0 Å². The molecule has 0 aromatic carbocycles. The minimum Gasteiger partial charge on any atom is -0.478 e. The van der Waals surface area contributed by atoms with E-state index in [2.05, 4.69) is 42.9 Å². The van der Waals surface area contributed by atoms with Crippen LogP contribution in [0.15, 0.2) is 12.7 Å². The van der Waals surface area contributed by atoms with Crippen LogP contribution in [0.1, 0.15) is 124 Å². The fourth-order valence-electron chi connectivity index (χ4n) is 3.70. The molecule has 0 unspecified atom stereocenters. The molecule has 0 rings (SSSR count). The minimum atomic E-state index is -0.981. The van der Waals surface area contributed by atoms with E-state index in [1.54, 1.807) is 0 Å². The van der Waals surface area contributed by atoms with Crippen LogP contribution < -0.4 is 10.6 Å².